The summed E-state index contributed by atoms with van der Waals surface area (Å²) in [5.74, 6) is 1.76. The fraction of sp³-hybridized carbons (Fsp3) is 0.318. The molecule has 2 heterocycles. The number of aromatic nitrogens is 2. The van der Waals surface area contributed by atoms with Gasteiger partial charge in [-0.1, -0.05) is 42.5 Å². The number of aryl methyl sites for hydroxylation is 1. The number of benzene rings is 2. The number of hydrogen-bond donors (Lipinski definition) is 0. The van der Waals surface area contributed by atoms with Gasteiger partial charge in [0.25, 0.3) is 0 Å². The Morgan fingerprint density at radius 1 is 1.11 bits per heavy atom. The lowest BCUT2D eigenvalue weighted by molar-refractivity contribution is -0.129. The second-order valence-corrected chi connectivity index (χ2v) is 7.17. The molecular weight excluding hydrogens is 338 g/mol. The second kappa shape index (κ2) is 7.74. The average molecular weight is 361 g/mol. The zero-order valence-corrected chi connectivity index (χ0v) is 15.5. The molecule has 0 aliphatic carbocycles. The number of carbonyl (C=O) groups is 1. The fourth-order valence-corrected chi connectivity index (χ4v) is 3.59. The van der Waals surface area contributed by atoms with Gasteiger partial charge in [-0.2, -0.15) is 0 Å². The maximum Gasteiger partial charge on any atom is 0.247 e. The highest BCUT2D eigenvalue weighted by molar-refractivity contribution is 5.79. The van der Waals surface area contributed by atoms with Gasteiger partial charge < -0.3 is 9.32 Å². The molecule has 2 aromatic carbocycles. The molecule has 1 atom stereocenters. The monoisotopic (exact) mass is 361 g/mol. The number of nitrogens with zero attached hydrogens (tertiary/aromatic N) is 3. The lowest BCUT2D eigenvalue weighted by Crippen LogP contribution is -2.30. The summed E-state index contributed by atoms with van der Waals surface area (Å²) in [5.41, 5.74) is 3.20. The van der Waals surface area contributed by atoms with Crippen LogP contribution in [0.3, 0.4) is 0 Å². The van der Waals surface area contributed by atoms with Crippen LogP contribution < -0.4 is 0 Å². The summed E-state index contributed by atoms with van der Waals surface area (Å²) < 4.78 is 5.81. The van der Waals surface area contributed by atoms with E-state index in [2.05, 4.69) is 23.2 Å². The molecule has 27 heavy (non-hydrogen) atoms. The first kappa shape index (κ1) is 17.5. The zero-order chi connectivity index (χ0) is 18.6. The van der Waals surface area contributed by atoms with Crippen LogP contribution in [0.5, 0.6) is 0 Å². The Morgan fingerprint density at radius 2 is 1.89 bits per heavy atom. The van der Waals surface area contributed by atoms with Gasteiger partial charge in [0, 0.05) is 25.1 Å². The van der Waals surface area contributed by atoms with Gasteiger partial charge in [0.05, 0.1) is 6.42 Å². The van der Waals surface area contributed by atoms with Crippen LogP contribution in [0.15, 0.2) is 59.0 Å². The van der Waals surface area contributed by atoms with Gasteiger partial charge in [0.1, 0.15) is 0 Å². The molecule has 1 unspecified atom stereocenters. The number of likely N-dealkylation sites (tertiary alicyclic amines) is 1. The molecule has 1 aromatic heterocycles. The summed E-state index contributed by atoms with van der Waals surface area (Å²) in [5, 5.41) is 8.34. The topological polar surface area (TPSA) is 59.2 Å². The highest BCUT2D eigenvalue weighted by Gasteiger charge is 2.28. The number of hydrogen-bond acceptors (Lipinski definition) is 4. The Hall–Kier alpha value is -2.95. The van der Waals surface area contributed by atoms with Crippen LogP contribution in [0.2, 0.25) is 0 Å². The molecule has 1 amide bonds. The molecule has 138 valence electrons. The van der Waals surface area contributed by atoms with E-state index in [0.717, 1.165) is 30.6 Å². The van der Waals surface area contributed by atoms with Crippen molar-refractivity contribution in [3.8, 4) is 11.5 Å². The molecule has 1 fully saturated rings. The molecule has 5 nitrogen and oxygen atoms in total. The number of rotatable bonds is 5. The van der Waals surface area contributed by atoms with Crippen molar-refractivity contribution >= 4 is 5.91 Å². The minimum Gasteiger partial charge on any atom is -0.421 e. The van der Waals surface area contributed by atoms with E-state index in [4.69, 9.17) is 4.42 Å². The summed E-state index contributed by atoms with van der Waals surface area (Å²) in [6, 6.07) is 17.9. The van der Waals surface area contributed by atoms with Gasteiger partial charge in [-0.05, 0) is 42.5 Å². The van der Waals surface area contributed by atoms with Crippen molar-refractivity contribution in [2.75, 3.05) is 13.1 Å². The van der Waals surface area contributed by atoms with Gasteiger partial charge in [-0.3, -0.25) is 4.79 Å². The SMILES string of the molecule is Cc1ccccc1CC(=O)N1CCC(Cc2nnc(-c3ccccc3)o2)C1. The molecule has 0 saturated carbocycles. The van der Waals surface area contributed by atoms with E-state index in [9.17, 15) is 4.79 Å². The first-order valence-electron chi connectivity index (χ1n) is 9.39. The third-order valence-electron chi connectivity index (χ3n) is 5.19. The van der Waals surface area contributed by atoms with Crippen LogP contribution in [-0.4, -0.2) is 34.1 Å². The van der Waals surface area contributed by atoms with Crippen LogP contribution in [-0.2, 0) is 17.6 Å². The predicted molar refractivity (Wildman–Crippen MR) is 103 cm³/mol. The fourth-order valence-electron chi connectivity index (χ4n) is 3.59. The van der Waals surface area contributed by atoms with Crippen molar-refractivity contribution in [2.24, 2.45) is 5.92 Å². The van der Waals surface area contributed by atoms with Crippen LogP contribution >= 0.6 is 0 Å². The predicted octanol–water partition coefficient (Wildman–Crippen LogP) is 3.68. The number of amides is 1. The van der Waals surface area contributed by atoms with Crippen molar-refractivity contribution in [1.82, 2.24) is 15.1 Å². The molecule has 0 bridgehead atoms. The van der Waals surface area contributed by atoms with E-state index in [1.54, 1.807) is 0 Å². The summed E-state index contributed by atoms with van der Waals surface area (Å²) in [7, 11) is 0. The van der Waals surface area contributed by atoms with Crippen LogP contribution in [0.4, 0.5) is 0 Å². The summed E-state index contributed by atoms with van der Waals surface area (Å²) >= 11 is 0. The van der Waals surface area contributed by atoms with Crippen molar-refractivity contribution < 1.29 is 9.21 Å². The van der Waals surface area contributed by atoms with Crippen LogP contribution in [0.25, 0.3) is 11.5 Å². The van der Waals surface area contributed by atoms with E-state index in [-0.39, 0.29) is 5.91 Å². The maximum atomic E-state index is 12.6. The minimum absolute atomic E-state index is 0.197. The first-order chi connectivity index (χ1) is 13.2. The van der Waals surface area contributed by atoms with E-state index < -0.39 is 0 Å². The molecule has 3 aromatic rings. The molecule has 1 aliphatic rings. The summed E-state index contributed by atoms with van der Waals surface area (Å²) in [6.07, 6.45) is 2.16. The second-order valence-electron chi connectivity index (χ2n) is 7.17. The van der Waals surface area contributed by atoms with Crippen LogP contribution in [0, 0.1) is 12.8 Å². The quantitative estimate of drug-likeness (QED) is 0.696. The van der Waals surface area contributed by atoms with Crippen molar-refractivity contribution in [2.45, 2.75) is 26.2 Å². The zero-order valence-electron chi connectivity index (χ0n) is 15.5. The van der Waals surface area contributed by atoms with Crippen molar-refractivity contribution in [3.63, 3.8) is 0 Å². The van der Waals surface area contributed by atoms with Crippen molar-refractivity contribution in [3.05, 3.63) is 71.6 Å². The molecule has 0 spiro atoms. The van der Waals surface area contributed by atoms with Gasteiger partial charge in [-0.15, -0.1) is 10.2 Å². The highest BCUT2D eigenvalue weighted by atomic mass is 16.4. The third kappa shape index (κ3) is 4.08. The Kier molecular flexibility index (Phi) is 5.01. The Labute approximate surface area is 159 Å². The molecule has 0 radical (unpaired) electrons. The molecular formula is C22H23N3O2. The van der Waals surface area contributed by atoms with Gasteiger partial charge >= 0.3 is 0 Å². The lowest BCUT2D eigenvalue weighted by Gasteiger charge is -2.17. The maximum absolute atomic E-state index is 12.6. The van der Waals surface area contributed by atoms with Gasteiger partial charge in [-0.25, -0.2) is 0 Å². The van der Waals surface area contributed by atoms with E-state index >= 15 is 0 Å². The third-order valence-corrected chi connectivity index (χ3v) is 5.19. The van der Waals surface area contributed by atoms with E-state index in [0.29, 0.717) is 30.5 Å². The normalized spacial score (nSPS) is 16.6. The van der Waals surface area contributed by atoms with Crippen molar-refractivity contribution in [1.29, 1.82) is 0 Å². The average Bonchev–Trinajstić information content (AvgIpc) is 3.34. The smallest absolute Gasteiger partial charge is 0.247 e. The molecule has 0 N–H and O–H groups in total. The molecule has 5 heteroatoms. The van der Waals surface area contributed by atoms with Gasteiger partial charge in [0.2, 0.25) is 17.7 Å². The van der Waals surface area contributed by atoms with Crippen LogP contribution in [0.1, 0.15) is 23.4 Å². The Morgan fingerprint density at radius 3 is 2.70 bits per heavy atom. The van der Waals surface area contributed by atoms with Gasteiger partial charge in [0.15, 0.2) is 0 Å². The Balaban J connectivity index is 1.34. The lowest BCUT2D eigenvalue weighted by atomic mass is 10.0. The number of carbonyl (C=O) groups excluding carboxylic acids is 1. The van der Waals surface area contributed by atoms with E-state index in [1.807, 2.05) is 53.4 Å². The highest BCUT2D eigenvalue weighted by Crippen LogP contribution is 2.24. The molecule has 1 saturated heterocycles. The van der Waals surface area contributed by atoms with E-state index in [1.165, 1.54) is 5.56 Å². The Bertz CT molecular complexity index is 920. The largest absolute Gasteiger partial charge is 0.421 e. The standard InChI is InChI=1S/C22H23N3O2/c1-16-7-5-6-10-19(16)14-21(26)25-12-11-17(15-25)13-20-23-24-22(27-20)18-8-3-2-4-9-18/h2-10,17H,11-15H2,1H3. The molecule has 1 aliphatic heterocycles. The minimum atomic E-state index is 0.197. The summed E-state index contributed by atoms with van der Waals surface area (Å²) in [6.45, 7) is 3.61. The summed E-state index contributed by atoms with van der Waals surface area (Å²) in [4.78, 5) is 14.6. The first-order valence-corrected chi connectivity index (χ1v) is 9.39. The molecule has 4 rings (SSSR count).